The van der Waals surface area contributed by atoms with Gasteiger partial charge >= 0.3 is 23.9 Å². The van der Waals surface area contributed by atoms with Crippen molar-refractivity contribution in [1.82, 2.24) is 0 Å². The topological polar surface area (TPSA) is 105 Å². The minimum atomic E-state index is -0.927. The summed E-state index contributed by atoms with van der Waals surface area (Å²) in [5.41, 5.74) is 0. The Kier molecular flexibility index (Phi) is 12.5. The van der Waals surface area contributed by atoms with Gasteiger partial charge in [0.2, 0.25) is 0 Å². The minimum Gasteiger partial charge on any atom is -0.469 e. The van der Waals surface area contributed by atoms with Gasteiger partial charge in [0.15, 0.2) is 0 Å². The van der Waals surface area contributed by atoms with Gasteiger partial charge in [-0.25, -0.2) is 9.59 Å². The van der Waals surface area contributed by atoms with Crippen LogP contribution in [-0.2, 0) is 38.1 Å². The van der Waals surface area contributed by atoms with E-state index in [4.69, 9.17) is 0 Å². The number of hydrogen-bond donors (Lipinski definition) is 0. The van der Waals surface area contributed by atoms with Crippen molar-refractivity contribution in [2.45, 2.75) is 20.3 Å². The van der Waals surface area contributed by atoms with Crippen LogP contribution in [0.25, 0.3) is 0 Å². The lowest BCUT2D eigenvalue weighted by molar-refractivity contribution is -0.167. The van der Waals surface area contributed by atoms with E-state index in [0.717, 1.165) is 0 Å². The summed E-state index contributed by atoms with van der Waals surface area (Å²) in [4.78, 5) is 41.4. The van der Waals surface area contributed by atoms with Gasteiger partial charge in [0.1, 0.15) is 6.42 Å². The van der Waals surface area contributed by atoms with Crippen LogP contribution in [0.5, 0.6) is 0 Å². The Morgan fingerprint density at radius 2 is 1.05 bits per heavy atom. The average molecular weight is 278 g/mol. The number of esters is 4. The summed E-state index contributed by atoms with van der Waals surface area (Å²) >= 11 is 0. The first-order valence-electron chi connectivity index (χ1n) is 5.40. The zero-order chi connectivity index (χ0) is 15.3. The lowest BCUT2D eigenvalue weighted by atomic mass is 10.4. The van der Waals surface area contributed by atoms with Gasteiger partial charge in [-0.05, 0) is 13.8 Å². The zero-order valence-corrected chi connectivity index (χ0v) is 11.4. The molecule has 0 N–H and O–H groups in total. The van der Waals surface area contributed by atoms with E-state index in [0.29, 0.717) is 0 Å². The van der Waals surface area contributed by atoms with Gasteiger partial charge in [0.05, 0.1) is 27.4 Å². The fraction of sp³-hybridized carbons (Fsp3) is 0.636. The summed E-state index contributed by atoms with van der Waals surface area (Å²) in [7, 11) is 2.43. The molecule has 0 fully saturated rings. The molecule has 0 amide bonds. The molecular formula is C11H18O8. The van der Waals surface area contributed by atoms with E-state index >= 15 is 0 Å². The molecule has 8 heteroatoms. The van der Waals surface area contributed by atoms with Gasteiger partial charge in [-0.1, -0.05) is 0 Å². The molecule has 0 rings (SSSR count). The summed E-state index contributed by atoms with van der Waals surface area (Å²) in [5.74, 6) is -3.02. The Morgan fingerprint density at radius 1 is 0.737 bits per heavy atom. The highest BCUT2D eigenvalue weighted by molar-refractivity contribution is 6.29. The molecule has 0 aromatic rings. The molecule has 0 aliphatic rings. The molecule has 0 aliphatic heterocycles. The van der Waals surface area contributed by atoms with Crippen LogP contribution in [0.2, 0.25) is 0 Å². The monoisotopic (exact) mass is 278 g/mol. The fourth-order valence-electron chi connectivity index (χ4n) is 0.642. The van der Waals surface area contributed by atoms with Crippen molar-refractivity contribution in [3.8, 4) is 0 Å². The standard InChI is InChI=1S/C6H10O4.C5H8O4/c1-3-9-5(7)6(8)10-4-2;1-8-4(6)3-5(7)9-2/h3-4H2,1-2H3;3H2,1-2H3. The van der Waals surface area contributed by atoms with Gasteiger partial charge in [-0.3, -0.25) is 9.59 Å². The second-order valence-corrected chi connectivity index (χ2v) is 2.77. The Bertz CT molecular complexity index is 280. The summed E-state index contributed by atoms with van der Waals surface area (Å²) in [6, 6.07) is 0. The van der Waals surface area contributed by atoms with Crippen molar-refractivity contribution >= 4 is 23.9 Å². The van der Waals surface area contributed by atoms with Crippen molar-refractivity contribution < 1.29 is 38.1 Å². The van der Waals surface area contributed by atoms with Gasteiger partial charge in [0.25, 0.3) is 0 Å². The molecule has 0 saturated heterocycles. The van der Waals surface area contributed by atoms with Crippen LogP contribution < -0.4 is 0 Å². The maximum atomic E-state index is 10.4. The highest BCUT2D eigenvalue weighted by Gasteiger charge is 2.14. The molecule has 19 heavy (non-hydrogen) atoms. The highest BCUT2D eigenvalue weighted by Crippen LogP contribution is 1.85. The van der Waals surface area contributed by atoms with Crippen LogP contribution in [0.1, 0.15) is 20.3 Å². The average Bonchev–Trinajstić information content (AvgIpc) is 2.39. The van der Waals surface area contributed by atoms with Crippen LogP contribution in [-0.4, -0.2) is 51.3 Å². The molecule has 0 unspecified atom stereocenters. The quantitative estimate of drug-likeness (QED) is 0.302. The third-order valence-electron chi connectivity index (χ3n) is 1.46. The molecule has 0 aromatic carbocycles. The Hall–Kier alpha value is -2.12. The number of hydrogen-bond acceptors (Lipinski definition) is 8. The zero-order valence-electron chi connectivity index (χ0n) is 11.4. The van der Waals surface area contributed by atoms with E-state index in [1.807, 2.05) is 0 Å². The predicted octanol–water partition coefficient (Wildman–Crippen LogP) is -0.165. The molecule has 0 atom stereocenters. The van der Waals surface area contributed by atoms with Crippen molar-refractivity contribution in [3.63, 3.8) is 0 Å². The molecule has 0 aromatic heterocycles. The SMILES string of the molecule is CCOC(=O)C(=O)OCC.COC(=O)CC(=O)OC. The number of ether oxygens (including phenoxy) is 4. The molecule has 0 radical (unpaired) electrons. The Labute approximate surface area is 110 Å². The first kappa shape index (κ1) is 19.2. The lowest BCUT2D eigenvalue weighted by Gasteiger charge is -1.99. The van der Waals surface area contributed by atoms with Gasteiger partial charge in [0, 0.05) is 0 Å². The third-order valence-corrected chi connectivity index (χ3v) is 1.46. The number of carbonyl (C=O) groups excluding carboxylic acids is 4. The number of rotatable bonds is 4. The summed E-state index contributed by atoms with van der Waals surface area (Å²) < 4.78 is 17.1. The molecule has 0 aliphatic carbocycles. The second kappa shape index (κ2) is 12.3. The van der Waals surface area contributed by atoms with Crippen molar-refractivity contribution in [3.05, 3.63) is 0 Å². The van der Waals surface area contributed by atoms with E-state index < -0.39 is 23.9 Å². The van der Waals surface area contributed by atoms with Gasteiger partial charge in [-0.2, -0.15) is 0 Å². The van der Waals surface area contributed by atoms with E-state index in [2.05, 4.69) is 18.9 Å². The van der Waals surface area contributed by atoms with Crippen LogP contribution in [0, 0.1) is 0 Å². The van der Waals surface area contributed by atoms with Gasteiger partial charge < -0.3 is 18.9 Å². The molecular weight excluding hydrogens is 260 g/mol. The summed E-state index contributed by atoms with van der Waals surface area (Å²) in [5, 5.41) is 0. The molecule has 0 saturated carbocycles. The molecule has 0 spiro atoms. The third kappa shape index (κ3) is 12.1. The van der Waals surface area contributed by atoms with Crippen molar-refractivity contribution in [1.29, 1.82) is 0 Å². The summed E-state index contributed by atoms with van der Waals surface area (Å²) in [6.07, 6.45) is -0.312. The van der Waals surface area contributed by atoms with Crippen LogP contribution in [0.15, 0.2) is 0 Å². The van der Waals surface area contributed by atoms with E-state index in [-0.39, 0.29) is 19.6 Å². The maximum Gasteiger partial charge on any atom is 0.417 e. The van der Waals surface area contributed by atoms with Gasteiger partial charge in [-0.15, -0.1) is 0 Å². The maximum absolute atomic E-state index is 10.4. The normalized spacial score (nSPS) is 8.42. The molecule has 0 heterocycles. The Balaban J connectivity index is 0. The highest BCUT2D eigenvalue weighted by atomic mass is 16.6. The van der Waals surface area contributed by atoms with Crippen LogP contribution in [0.3, 0.4) is 0 Å². The Morgan fingerprint density at radius 3 is 1.26 bits per heavy atom. The smallest absolute Gasteiger partial charge is 0.417 e. The summed E-state index contributed by atoms with van der Waals surface area (Å²) in [6.45, 7) is 3.63. The molecule has 0 bridgehead atoms. The van der Waals surface area contributed by atoms with Crippen molar-refractivity contribution in [2.24, 2.45) is 0 Å². The van der Waals surface area contributed by atoms with Crippen LogP contribution in [0.4, 0.5) is 0 Å². The van der Waals surface area contributed by atoms with Crippen LogP contribution >= 0.6 is 0 Å². The first-order valence-corrected chi connectivity index (χ1v) is 5.40. The predicted molar refractivity (Wildman–Crippen MR) is 61.9 cm³/mol. The van der Waals surface area contributed by atoms with Crippen molar-refractivity contribution in [2.75, 3.05) is 27.4 Å². The molecule has 8 nitrogen and oxygen atoms in total. The van der Waals surface area contributed by atoms with E-state index in [9.17, 15) is 19.2 Å². The lowest BCUT2D eigenvalue weighted by Crippen LogP contribution is -2.19. The fourth-order valence-corrected chi connectivity index (χ4v) is 0.642. The largest absolute Gasteiger partial charge is 0.469 e. The minimum absolute atomic E-state index is 0.192. The molecule has 110 valence electrons. The van der Waals surface area contributed by atoms with E-state index in [1.165, 1.54) is 14.2 Å². The first-order chi connectivity index (χ1) is 8.92. The number of methoxy groups -OCH3 is 2. The second-order valence-electron chi connectivity index (χ2n) is 2.77. The van der Waals surface area contributed by atoms with E-state index in [1.54, 1.807) is 13.8 Å². The number of carbonyl (C=O) groups is 4.